The highest BCUT2D eigenvalue weighted by Gasteiger charge is 2.65. The van der Waals surface area contributed by atoms with Gasteiger partial charge in [-0.1, -0.05) is 37.5 Å². The molecule has 37 heavy (non-hydrogen) atoms. The second-order valence-corrected chi connectivity index (χ2v) is 12.1. The van der Waals surface area contributed by atoms with Crippen molar-refractivity contribution < 1.29 is 22.8 Å². The highest BCUT2D eigenvalue weighted by atomic mass is 32.2. The fourth-order valence-electron chi connectivity index (χ4n) is 8.04. The molecule has 2 nitrogen and oxygen atoms in total. The van der Waals surface area contributed by atoms with Gasteiger partial charge in [0.1, 0.15) is 0 Å². The molecule has 4 aliphatic carbocycles. The van der Waals surface area contributed by atoms with Crippen LogP contribution in [0.4, 0.5) is 13.2 Å². The molecule has 4 aliphatic rings. The Morgan fingerprint density at radius 2 is 1.86 bits per heavy atom. The molecule has 1 aromatic rings. The Kier molecular flexibility index (Phi) is 6.76. The Bertz CT molecular complexity index is 1250. The largest absolute Gasteiger partial charge is 0.457 e. The fraction of sp³-hybridized carbons (Fsp3) is 0.548. The van der Waals surface area contributed by atoms with Gasteiger partial charge < -0.3 is 0 Å². The topological polar surface area (TPSA) is 34.1 Å². The number of benzene rings is 1. The van der Waals surface area contributed by atoms with Gasteiger partial charge in [0, 0.05) is 29.6 Å². The first-order chi connectivity index (χ1) is 17.5. The Morgan fingerprint density at radius 1 is 1.14 bits per heavy atom. The summed E-state index contributed by atoms with van der Waals surface area (Å²) in [5.41, 5.74) is 2.97. The molecule has 0 bridgehead atoms. The van der Waals surface area contributed by atoms with Gasteiger partial charge in [0.25, 0.3) is 0 Å². The average Bonchev–Trinajstić information content (AvgIpc) is 3.18. The zero-order valence-corrected chi connectivity index (χ0v) is 22.5. The van der Waals surface area contributed by atoms with Gasteiger partial charge in [-0.25, -0.2) is 0 Å². The van der Waals surface area contributed by atoms with Crippen LogP contribution < -0.4 is 0 Å². The molecule has 0 radical (unpaired) electrons. The standard InChI is InChI=1S/C31H33F3O2S/c1-4-27(36)30(15-16-31(32,33)34)14-13-26-24-11-7-20-17-21(35)8-12-23(20)28(24)25(18-29(26,30)2)19-5-9-22(37-3)10-6-19/h5-6,9-10,17,24-26H,4,7-8,11-14,18H2,1-3H3/t24-,25+,26-,29-,30+/m0/s1. The van der Waals surface area contributed by atoms with Gasteiger partial charge in [0.15, 0.2) is 11.6 Å². The Balaban J connectivity index is 1.70. The number of Topliss-reactive ketones (excluding diaryl/α,β-unsaturated/α-hetero) is 1. The van der Waals surface area contributed by atoms with Gasteiger partial charge in [-0.05, 0) is 96.9 Å². The van der Waals surface area contributed by atoms with E-state index in [2.05, 4.69) is 30.2 Å². The van der Waals surface area contributed by atoms with E-state index in [1.807, 2.05) is 19.3 Å². The highest BCUT2D eigenvalue weighted by molar-refractivity contribution is 7.98. The number of rotatable bonds is 4. The summed E-state index contributed by atoms with van der Waals surface area (Å²) in [4.78, 5) is 26.9. The number of carbonyl (C=O) groups excluding carboxylic acids is 2. The van der Waals surface area contributed by atoms with Crippen molar-refractivity contribution in [3.05, 3.63) is 52.6 Å². The van der Waals surface area contributed by atoms with Crippen molar-refractivity contribution in [2.45, 2.75) is 82.2 Å². The second kappa shape index (κ2) is 9.49. The lowest BCUT2D eigenvalue weighted by Gasteiger charge is -2.54. The van der Waals surface area contributed by atoms with Gasteiger partial charge >= 0.3 is 6.18 Å². The lowest BCUT2D eigenvalue weighted by Crippen LogP contribution is -2.50. The number of allylic oxidation sites excluding steroid dienone is 4. The van der Waals surface area contributed by atoms with Crippen molar-refractivity contribution in [1.82, 2.24) is 0 Å². The third kappa shape index (κ3) is 4.32. The fourth-order valence-corrected chi connectivity index (χ4v) is 8.44. The van der Waals surface area contributed by atoms with Crippen LogP contribution in [0, 0.1) is 34.5 Å². The maximum absolute atomic E-state index is 13.5. The van der Waals surface area contributed by atoms with Crippen LogP contribution in [0.1, 0.15) is 76.7 Å². The van der Waals surface area contributed by atoms with Crippen molar-refractivity contribution in [3.63, 3.8) is 0 Å². The van der Waals surface area contributed by atoms with Gasteiger partial charge in [0.2, 0.25) is 0 Å². The first-order valence-electron chi connectivity index (χ1n) is 13.3. The lowest BCUT2D eigenvalue weighted by molar-refractivity contribution is -0.132. The summed E-state index contributed by atoms with van der Waals surface area (Å²) in [6.07, 6.45) is 3.96. The van der Waals surface area contributed by atoms with Crippen molar-refractivity contribution in [1.29, 1.82) is 0 Å². The molecule has 5 rings (SSSR count). The van der Waals surface area contributed by atoms with Crippen LogP contribution in [0.3, 0.4) is 0 Å². The van der Waals surface area contributed by atoms with Crippen molar-refractivity contribution in [2.24, 2.45) is 22.7 Å². The number of thioether (sulfide) groups is 1. The van der Waals surface area contributed by atoms with Gasteiger partial charge in [0.05, 0.1) is 5.41 Å². The number of fused-ring (bicyclic) bond motifs is 4. The molecule has 2 saturated carbocycles. The molecule has 0 spiro atoms. The van der Waals surface area contributed by atoms with Crippen LogP contribution in [0.2, 0.25) is 0 Å². The van der Waals surface area contributed by atoms with Gasteiger partial charge in [-0.15, -0.1) is 11.8 Å². The first kappa shape index (κ1) is 26.4. The number of hydrogen-bond donors (Lipinski definition) is 0. The summed E-state index contributed by atoms with van der Waals surface area (Å²) in [5.74, 6) is 4.39. The van der Waals surface area contributed by atoms with E-state index in [1.165, 1.54) is 17.1 Å². The minimum atomic E-state index is -4.64. The molecule has 0 amide bonds. The summed E-state index contributed by atoms with van der Waals surface area (Å²) in [6, 6.07) is 8.47. The molecule has 5 atom stereocenters. The number of halogens is 3. The molecule has 0 unspecified atom stereocenters. The van der Waals surface area contributed by atoms with E-state index in [0.29, 0.717) is 25.7 Å². The molecule has 0 heterocycles. The quantitative estimate of drug-likeness (QED) is 0.296. The van der Waals surface area contributed by atoms with E-state index >= 15 is 0 Å². The van der Waals surface area contributed by atoms with E-state index in [0.717, 1.165) is 35.3 Å². The molecule has 0 saturated heterocycles. The summed E-state index contributed by atoms with van der Waals surface area (Å²) in [6.45, 7) is 3.78. The van der Waals surface area contributed by atoms with Crippen LogP contribution in [0.25, 0.3) is 0 Å². The molecule has 1 aromatic carbocycles. The molecular formula is C31H33F3O2S. The Hall–Kier alpha value is -2.26. The summed E-state index contributed by atoms with van der Waals surface area (Å²) >= 11 is 1.67. The molecule has 6 heteroatoms. The van der Waals surface area contributed by atoms with E-state index in [4.69, 9.17) is 0 Å². The highest BCUT2D eigenvalue weighted by Crippen LogP contribution is 2.69. The monoisotopic (exact) mass is 526 g/mol. The summed E-state index contributed by atoms with van der Waals surface area (Å²) < 4.78 is 40.1. The predicted octanol–water partition coefficient (Wildman–Crippen LogP) is 7.84. The second-order valence-electron chi connectivity index (χ2n) is 11.2. The molecule has 0 N–H and O–H groups in total. The number of carbonyl (C=O) groups is 2. The molecular weight excluding hydrogens is 493 g/mol. The van der Waals surface area contributed by atoms with Crippen LogP contribution in [-0.2, 0) is 9.59 Å². The Labute approximate surface area is 221 Å². The van der Waals surface area contributed by atoms with E-state index in [1.54, 1.807) is 18.7 Å². The minimum Gasteiger partial charge on any atom is -0.298 e. The third-order valence-corrected chi connectivity index (χ3v) is 10.4. The minimum absolute atomic E-state index is 0.0103. The van der Waals surface area contributed by atoms with E-state index in [-0.39, 0.29) is 35.7 Å². The molecule has 2 fully saturated rings. The van der Waals surface area contributed by atoms with Crippen molar-refractivity contribution in [2.75, 3.05) is 6.26 Å². The average molecular weight is 527 g/mol. The predicted molar refractivity (Wildman–Crippen MR) is 140 cm³/mol. The van der Waals surface area contributed by atoms with Crippen molar-refractivity contribution >= 4 is 23.3 Å². The molecule has 0 aliphatic heterocycles. The number of hydrogen-bond acceptors (Lipinski definition) is 3. The van der Waals surface area contributed by atoms with Gasteiger partial charge in [-0.2, -0.15) is 13.2 Å². The smallest absolute Gasteiger partial charge is 0.298 e. The van der Waals surface area contributed by atoms with Crippen LogP contribution >= 0.6 is 11.8 Å². The maximum Gasteiger partial charge on any atom is 0.457 e. The SMILES string of the molecule is CCC(=O)[C@]1(C#CC(F)(F)F)CC[C@H]2[C@@H]3CCC4=CC(=O)CCC4=C3[C@@H](c3ccc(SC)cc3)C[C@@]21C. The summed E-state index contributed by atoms with van der Waals surface area (Å²) in [5, 5.41) is 0. The Morgan fingerprint density at radius 3 is 2.51 bits per heavy atom. The van der Waals surface area contributed by atoms with Crippen molar-refractivity contribution in [3.8, 4) is 11.8 Å². The normalized spacial score (nSPS) is 33.1. The first-order valence-corrected chi connectivity index (χ1v) is 14.5. The molecule has 196 valence electrons. The van der Waals surface area contributed by atoms with Crippen LogP contribution in [0.5, 0.6) is 0 Å². The summed E-state index contributed by atoms with van der Waals surface area (Å²) in [7, 11) is 0. The van der Waals surface area contributed by atoms with Gasteiger partial charge in [-0.3, -0.25) is 9.59 Å². The zero-order valence-electron chi connectivity index (χ0n) is 21.6. The number of ketones is 2. The zero-order chi connectivity index (χ0) is 26.6. The maximum atomic E-state index is 13.5. The lowest BCUT2D eigenvalue weighted by atomic mass is 9.48. The van der Waals surface area contributed by atoms with E-state index < -0.39 is 17.0 Å². The van der Waals surface area contributed by atoms with Crippen LogP contribution in [-0.4, -0.2) is 24.0 Å². The number of alkyl halides is 3. The molecule has 0 aromatic heterocycles. The third-order valence-electron chi connectivity index (χ3n) is 9.66. The van der Waals surface area contributed by atoms with Crippen LogP contribution in [0.15, 0.2) is 52.0 Å². The van der Waals surface area contributed by atoms with E-state index in [9.17, 15) is 22.8 Å².